The summed E-state index contributed by atoms with van der Waals surface area (Å²) >= 11 is 0. The molecule has 1 atom stereocenters. The number of hydrogen-bond acceptors (Lipinski definition) is 3. The van der Waals surface area contributed by atoms with E-state index in [1.165, 1.54) is 0 Å². The lowest BCUT2D eigenvalue weighted by Gasteiger charge is -2.11. The fourth-order valence-corrected chi connectivity index (χ4v) is 1.63. The Morgan fingerprint density at radius 2 is 2.06 bits per heavy atom. The van der Waals surface area contributed by atoms with Crippen LogP contribution in [0.1, 0.15) is 37.0 Å². The Hall–Kier alpha value is -1.39. The van der Waals surface area contributed by atoms with Gasteiger partial charge in [-0.1, -0.05) is 24.3 Å². The molecule has 4 N–H and O–H groups in total. The normalized spacial score (nSPS) is 18.5. The van der Waals surface area contributed by atoms with Crippen LogP contribution in [0.25, 0.3) is 0 Å². The minimum atomic E-state index is -0.612. The van der Waals surface area contributed by atoms with Crippen LogP contribution >= 0.6 is 0 Å². The second kappa shape index (κ2) is 4.47. The zero-order valence-corrected chi connectivity index (χ0v) is 9.94. The van der Waals surface area contributed by atoms with E-state index in [4.69, 9.17) is 5.73 Å². The number of hydrogen-bond donors (Lipinski definition) is 3. The van der Waals surface area contributed by atoms with Gasteiger partial charge in [-0.25, -0.2) is 0 Å². The molecule has 4 nitrogen and oxygen atoms in total. The smallest absolute Gasteiger partial charge is 0.240 e. The van der Waals surface area contributed by atoms with Crippen LogP contribution in [0.2, 0.25) is 0 Å². The van der Waals surface area contributed by atoms with Crippen molar-refractivity contribution in [1.82, 2.24) is 5.32 Å². The minimum absolute atomic E-state index is 0.0721. The average Bonchev–Trinajstić information content (AvgIpc) is 3.06. The van der Waals surface area contributed by atoms with Crippen molar-refractivity contribution in [2.45, 2.75) is 38.0 Å². The first-order chi connectivity index (χ1) is 8.01. The summed E-state index contributed by atoms with van der Waals surface area (Å²) in [5.74, 6) is -0.0721. The van der Waals surface area contributed by atoms with Crippen molar-refractivity contribution in [3.8, 4) is 0 Å². The topological polar surface area (TPSA) is 75.3 Å². The molecule has 1 amide bonds. The highest BCUT2D eigenvalue weighted by molar-refractivity contribution is 5.88. The predicted octanol–water partition coefficient (Wildman–Crippen LogP) is 0.847. The lowest BCUT2D eigenvalue weighted by Crippen LogP contribution is -2.42. The Bertz CT molecular complexity index is 408. The number of nitrogens with one attached hydrogen (secondary N) is 1. The van der Waals surface area contributed by atoms with Crippen LogP contribution in [0.15, 0.2) is 24.3 Å². The van der Waals surface area contributed by atoms with Crippen LogP contribution < -0.4 is 11.1 Å². The van der Waals surface area contributed by atoms with Gasteiger partial charge in [-0.2, -0.15) is 0 Å². The Kier molecular flexibility index (Phi) is 3.17. The minimum Gasteiger partial charge on any atom is -0.389 e. The summed E-state index contributed by atoms with van der Waals surface area (Å²) in [6.07, 6.45) is 1.09. The van der Waals surface area contributed by atoms with Gasteiger partial charge in [0.15, 0.2) is 0 Å². The van der Waals surface area contributed by atoms with Gasteiger partial charge in [0.25, 0.3) is 0 Å². The first-order valence-electron chi connectivity index (χ1n) is 5.85. The summed E-state index contributed by atoms with van der Waals surface area (Å²) in [6.45, 7) is 2.21. The fourth-order valence-electron chi connectivity index (χ4n) is 1.63. The number of rotatable bonds is 4. The Morgan fingerprint density at radius 1 is 1.47 bits per heavy atom. The molecule has 0 aromatic heterocycles. The summed E-state index contributed by atoms with van der Waals surface area (Å²) in [5, 5.41) is 12.2. The predicted molar refractivity (Wildman–Crippen MR) is 65.1 cm³/mol. The van der Waals surface area contributed by atoms with E-state index < -0.39 is 11.6 Å². The quantitative estimate of drug-likeness (QED) is 0.723. The van der Waals surface area contributed by atoms with Crippen molar-refractivity contribution >= 4 is 5.91 Å². The van der Waals surface area contributed by atoms with Gasteiger partial charge in [0.1, 0.15) is 0 Å². The van der Waals surface area contributed by atoms with E-state index in [-0.39, 0.29) is 5.91 Å². The molecule has 1 saturated carbocycles. The summed E-state index contributed by atoms with van der Waals surface area (Å²) < 4.78 is 0. The van der Waals surface area contributed by atoms with Gasteiger partial charge >= 0.3 is 0 Å². The van der Waals surface area contributed by atoms with E-state index in [1.54, 1.807) is 6.92 Å². The molecule has 0 saturated heterocycles. The molecule has 0 radical (unpaired) electrons. The van der Waals surface area contributed by atoms with Crippen molar-refractivity contribution < 1.29 is 9.90 Å². The summed E-state index contributed by atoms with van der Waals surface area (Å²) in [7, 11) is 0. The molecule has 1 fully saturated rings. The molecule has 1 aliphatic rings. The maximum atomic E-state index is 11.6. The molecule has 0 spiro atoms. The van der Waals surface area contributed by atoms with Gasteiger partial charge in [-0.3, -0.25) is 4.79 Å². The Balaban J connectivity index is 1.89. The van der Waals surface area contributed by atoms with Crippen LogP contribution in [0, 0.1) is 0 Å². The van der Waals surface area contributed by atoms with Gasteiger partial charge in [-0.05, 0) is 30.9 Å². The number of nitrogens with two attached hydrogens (primary N) is 1. The van der Waals surface area contributed by atoms with Crippen molar-refractivity contribution in [1.29, 1.82) is 0 Å². The van der Waals surface area contributed by atoms with Crippen molar-refractivity contribution in [3.63, 3.8) is 0 Å². The van der Waals surface area contributed by atoms with Crippen molar-refractivity contribution in [2.24, 2.45) is 5.73 Å². The number of amides is 1. The summed E-state index contributed by atoms with van der Waals surface area (Å²) in [6, 6.07) is 7.53. The van der Waals surface area contributed by atoms with Crippen LogP contribution in [-0.4, -0.2) is 16.6 Å². The third-order valence-electron chi connectivity index (χ3n) is 3.16. The van der Waals surface area contributed by atoms with Gasteiger partial charge in [0.2, 0.25) is 5.91 Å². The zero-order valence-electron chi connectivity index (χ0n) is 9.94. The highest BCUT2D eigenvalue weighted by Gasteiger charge is 2.45. The average molecular weight is 234 g/mol. The molecule has 0 aliphatic heterocycles. The number of carbonyl (C=O) groups excluding carboxylic acids is 1. The molecule has 0 heterocycles. The van der Waals surface area contributed by atoms with Crippen LogP contribution in [0.5, 0.6) is 0 Å². The Morgan fingerprint density at radius 3 is 2.53 bits per heavy atom. The van der Waals surface area contributed by atoms with Crippen molar-refractivity contribution in [3.05, 3.63) is 35.4 Å². The van der Waals surface area contributed by atoms with E-state index in [0.29, 0.717) is 6.54 Å². The number of aliphatic hydroxyl groups is 1. The van der Waals surface area contributed by atoms with Crippen molar-refractivity contribution in [2.75, 3.05) is 0 Å². The highest BCUT2D eigenvalue weighted by Crippen LogP contribution is 2.32. The van der Waals surface area contributed by atoms with E-state index >= 15 is 0 Å². The van der Waals surface area contributed by atoms with E-state index in [0.717, 1.165) is 24.0 Å². The molecule has 17 heavy (non-hydrogen) atoms. The first kappa shape index (κ1) is 12.1. The van der Waals surface area contributed by atoms with E-state index in [2.05, 4.69) is 5.32 Å². The number of aliphatic hydroxyl groups excluding tert-OH is 1. The van der Waals surface area contributed by atoms with Crippen LogP contribution in [0.3, 0.4) is 0 Å². The summed E-state index contributed by atoms with van der Waals surface area (Å²) in [5.41, 5.74) is 7.04. The molecular weight excluding hydrogens is 216 g/mol. The van der Waals surface area contributed by atoms with Gasteiger partial charge in [0.05, 0.1) is 11.6 Å². The largest absolute Gasteiger partial charge is 0.389 e. The molecular formula is C13H18N2O2. The first-order valence-corrected chi connectivity index (χ1v) is 5.85. The highest BCUT2D eigenvalue weighted by atomic mass is 16.3. The summed E-state index contributed by atoms with van der Waals surface area (Å²) in [4.78, 5) is 11.6. The molecule has 4 heteroatoms. The molecule has 1 aromatic carbocycles. The molecule has 0 bridgehead atoms. The standard InChI is InChI=1S/C13H18N2O2/c1-9(16)11-4-2-10(3-5-11)8-15-12(17)13(14)6-7-13/h2-5,9,16H,6-8,14H2,1H3,(H,15,17). The fraction of sp³-hybridized carbons (Fsp3) is 0.462. The molecule has 2 rings (SSSR count). The van der Waals surface area contributed by atoms with E-state index in [1.807, 2.05) is 24.3 Å². The van der Waals surface area contributed by atoms with Crippen LogP contribution in [-0.2, 0) is 11.3 Å². The maximum Gasteiger partial charge on any atom is 0.240 e. The second-order valence-electron chi connectivity index (χ2n) is 4.76. The Labute approximate surface area is 101 Å². The van der Waals surface area contributed by atoms with Crippen LogP contribution in [0.4, 0.5) is 0 Å². The molecule has 1 unspecified atom stereocenters. The molecule has 92 valence electrons. The number of carbonyl (C=O) groups is 1. The lowest BCUT2D eigenvalue weighted by molar-refractivity contribution is -0.123. The molecule has 1 aromatic rings. The molecule has 1 aliphatic carbocycles. The lowest BCUT2D eigenvalue weighted by atomic mass is 10.1. The van der Waals surface area contributed by atoms with Gasteiger partial charge < -0.3 is 16.2 Å². The third-order valence-corrected chi connectivity index (χ3v) is 3.16. The third kappa shape index (κ3) is 2.84. The zero-order chi connectivity index (χ0) is 12.5. The monoisotopic (exact) mass is 234 g/mol. The van der Waals surface area contributed by atoms with E-state index in [9.17, 15) is 9.90 Å². The number of benzene rings is 1. The van der Waals surface area contributed by atoms with Gasteiger partial charge in [-0.15, -0.1) is 0 Å². The van der Waals surface area contributed by atoms with Gasteiger partial charge in [0, 0.05) is 6.54 Å². The maximum absolute atomic E-state index is 11.6. The second-order valence-corrected chi connectivity index (χ2v) is 4.76. The SMILES string of the molecule is CC(O)c1ccc(CNC(=O)C2(N)CC2)cc1.